The molecule has 1 aliphatic carbocycles. The molecule has 0 radical (unpaired) electrons. The number of aromatic nitrogens is 1. The third kappa shape index (κ3) is 4.66. The van der Waals surface area contributed by atoms with Crippen molar-refractivity contribution >= 4 is 17.7 Å². The minimum absolute atomic E-state index is 0.162. The number of carboxylic acids is 1. The summed E-state index contributed by atoms with van der Waals surface area (Å²) >= 11 is 0. The van der Waals surface area contributed by atoms with E-state index >= 15 is 0 Å². The van der Waals surface area contributed by atoms with Crippen molar-refractivity contribution < 1.29 is 24.0 Å². The molecule has 5 rings (SSSR count). The number of aryl methyl sites for hydroxylation is 1. The lowest BCUT2D eigenvalue weighted by Gasteiger charge is -2.11. The molecule has 1 saturated carbocycles. The molecule has 1 aromatic heterocycles. The van der Waals surface area contributed by atoms with Gasteiger partial charge in [-0.3, -0.25) is 10.1 Å². The predicted octanol–water partition coefficient (Wildman–Crippen LogP) is 6.18. The largest absolute Gasteiger partial charge is 0.481 e. The highest BCUT2D eigenvalue weighted by molar-refractivity contribution is 5.89. The molecule has 0 saturated heterocycles. The average molecular weight is 469 g/mol. The first kappa shape index (κ1) is 22.4. The smallest absolute Gasteiger partial charge is 0.412 e. The van der Waals surface area contributed by atoms with Crippen LogP contribution < -0.4 is 5.32 Å². The minimum Gasteiger partial charge on any atom is -0.481 e. The van der Waals surface area contributed by atoms with E-state index in [9.17, 15) is 14.7 Å². The molecule has 4 aromatic rings. The number of ether oxygens (including phenoxy) is 1. The van der Waals surface area contributed by atoms with Gasteiger partial charge in [-0.15, -0.1) is 0 Å². The molecule has 0 bridgehead atoms. The third-order valence-corrected chi connectivity index (χ3v) is 6.34. The molecular weight excluding hydrogens is 444 g/mol. The summed E-state index contributed by atoms with van der Waals surface area (Å²) in [5, 5.41) is 16.0. The first-order valence-electron chi connectivity index (χ1n) is 11.3. The molecule has 0 aliphatic heterocycles. The quantitative estimate of drug-likeness (QED) is 0.336. The molecule has 1 amide bonds. The van der Waals surface area contributed by atoms with Gasteiger partial charge in [0.2, 0.25) is 0 Å². The van der Waals surface area contributed by atoms with Gasteiger partial charge in [-0.25, -0.2) is 4.79 Å². The van der Waals surface area contributed by atoms with E-state index in [2.05, 4.69) is 10.5 Å². The van der Waals surface area contributed by atoms with Crippen molar-refractivity contribution in [2.45, 2.75) is 31.8 Å². The summed E-state index contributed by atoms with van der Waals surface area (Å²) in [6.45, 7) is 2.14. The molecule has 1 aliphatic rings. The number of nitrogens with one attached hydrogen (secondary N) is 1. The summed E-state index contributed by atoms with van der Waals surface area (Å²) in [7, 11) is 0. The Hall–Kier alpha value is -4.39. The number of aliphatic carboxylic acids is 1. The molecule has 35 heavy (non-hydrogen) atoms. The van der Waals surface area contributed by atoms with Gasteiger partial charge in [0.05, 0.1) is 11.6 Å². The number of amides is 1. The van der Waals surface area contributed by atoms with Gasteiger partial charge in [-0.05, 0) is 42.0 Å². The van der Waals surface area contributed by atoms with E-state index < -0.39 is 17.5 Å². The molecule has 7 heteroatoms. The van der Waals surface area contributed by atoms with Crippen LogP contribution >= 0.6 is 0 Å². The molecule has 176 valence electrons. The van der Waals surface area contributed by atoms with Crippen LogP contribution in [0.1, 0.15) is 29.5 Å². The van der Waals surface area contributed by atoms with Gasteiger partial charge in [-0.1, -0.05) is 83.5 Å². The van der Waals surface area contributed by atoms with E-state index in [1.165, 1.54) is 6.20 Å². The number of benzene rings is 3. The maximum absolute atomic E-state index is 12.3. The van der Waals surface area contributed by atoms with Crippen LogP contribution in [0.25, 0.3) is 22.5 Å². The van der Waals surface area contributed by atoms with Crippen LogP contribution in [-0.4, -0.2) is 22.3 Å². The highest BCUT2D eigenvalue weighted by Crippen LogP contribution is 2.48. The van der Waals surface area contributed by atoms with E-state index in [0.29, 0.717) is 24.3 Å². The zero-order valence-electron chi connectivity index (χ0n) is 19.2. The van der Waals surface area contributed by atoms with Crippen molar-refractivity contribution in [1.29, 1.82) is 0 Å². The summed E-state index contributed by atoms with van der Waals surface area (Å²) in [4.78, 5) is 23.8. The number of nitrogens with zero attached hydrogens (tertiary/aromatic N) is 1. The SMILES string of the molecule is Cc1cccc(COC(=O)Nc2cnoc2-c2ccc(-c3ccc(C4(C(=O)O)CC4)cc3)cc2)c1. The molecule has 0 unspecified atom stereocenters. The summed E-state index contributed by atoms with van der Waals surface area (Å²) in [6, 6.07) is 23.1. The van der Waals surface area contributed by atoms with E-state index in [-0.39, 0.29) is 6.61 Å². The fourth-order valence-electron chi connectivity index (χ4n) is 4.18. The Balaban J connectivity index is 1.25. The number of hydrogen-bond acceptors (Lipinski definition) is 5. The summed E-state index contributed by atoms with van der Waals surface area (Å²) in [5.74, 6) is -0.332. The monoisotopic (exact) mass is 468 g/mol. The maximum atomic E-state index is 12.3. The van der Waals surface area contributed by atoms with Gasteiger partial charge >= 0.3 is 12.1 Å². The molecule has 0 spiro atoms. The van der Waals surface area contributed by atoms with Crippen LogP contribution in [0, 0.1) is 6.92 Å². The Morgan fingerprint density at radius 1 is 1.00 bits per heavy atom. The van der Waals surface area contributed by atoms with Crippen LogP contribution in [0.3, 0.4) is 0 Å². The van der Waals surface area contributed by atoms with E-state index in [1.54, 1.807) is 0 Å². The molecule has 7 nitrogen and oxygen atoms in total. The lowest BCUT2D eigenvalue weighted by Crippen LogP contribution is -2.19. The number of hydrogen-bond donors (Lipinski definition) is 2. The van der Waals surface area contributed by atoms with Gasteiger partial charge in [0, 0.05) is 5.56 Å². The molecule has 2 N–H and O–H groups in total. The maximum Gasteiger partial charge on any atom is 0.412 e. The van der Waals surface area contributed by atoms with E-state index in [1.807, 2.05) is 79.7 Å². The van der Waals surface area contributed by atoms with Crippen molar-refractivity contribution in [3.63, 3.8) is 0 Å². The minimum atomic E-state index is -0.759. The van der Waals surface area contributed by atoms with Crippen molar-refractivity contribution in [2.24, 2.45) is 0 Å². The Morgan fingerprint density at radius 2 is 1.66 bits per heavy atom. The van der Waals surface area contributed by atoms with Gasteiger partial charge in [0.25, 0.3) is 0 Å². The van der Waals surface area contributed by atoms with Crippen molar-refractivity contribution in [2.75, 3.05) is 5.32 Å². The summed E-state index contributed by atoms with van der Waals surface area (Å²) < 4.78 is 10.7. The second-order valence-electron chi connectivity index (χ2n) is 8.80. The lowest BCUT2D eigenvalue weighted by molar-refractivity contribution is -0.140. The molecule has 3 aromatic carbocycles. The second-order valence-corrected chi connectivity index (χ2v) is 8.80. The standard InChI is InChI=1S/C28H24N2O5/c1-18-3-2-4-19(15-18)17-34-27(33)30-24-16-29-35-25(24)22-7-5-20(6-8-22)21-9-11-23(12-10-21)28(13-14-28)26(31)32/h2-12,15-16H,13-14,17H2,1H3,(H,30,33)(H,31,32). The molecule has 0 atom stereocenters. The zero-order chi connectivity index (χ0) is 24.4. The van der Waals surface area contributed by atoms with Crippen molar-refractivity contribution in [1.82, 2.24) is 5.16 Å². The van der Waals surface area contributed by atoms with Gasteiger partial charge in [-0.2, -0.15) is 0 Å². The first-order chi connectivity index (χ1) is 16.9. The van der Waals surface area contributed by atoms with Gasteiger partial charge in [0.1, 0.15) is 12.3 Å². The van der Waals surface area contributed by atoms with Crippen LogP contribution in [0.2, 0.25) is 0 Å². The number of anilines is 1. The van der Waals surface area contributed by atoms with Crippen LogP contribution in [0.4, 0.5) is 10.5 Å². The highest BCUT2D eigenvalue weighted by atomic mass is 16.5. The van der Waals surface area contributed by atoms with Crippen molar-refractivity contribution in [3.8, 4) is 22.5 Å². The lowest BCUT2D eigenvalue weighted by atomic mass is 9.93. The Morgan fingerprint density at radius 3 is 2.29 bits per heavy atom. The summed E-state index contributed by atoms with van der Waals surface area (Å²) in [5.41, 5.74) is 5.27. The van der Waals surface area contributed by atoms with E-state index in [4.69, 9.17) is 9.26 Å². The third-order valence-electron chi connectivity index (χ3n) is 6.34. The Labute approximate surface area is 202 Å². The number of carbonyl (C=O) groups is 2. The number of carboxylic acid groups (broad SMARTS) is 1. The number of rotatable bonds is 7. The van der Waals surface area contributed by atoms with E-state index in [0.717, 1.165) is 33.4 Å². The first-order valence-corrected chi connectivity index (χ1v) is 11.3. The topological polar surface area (TPSA) is 102 Å². The molecule has 1 fully saturated rings. The fourth-order valence-corrected chi connectivity index (χ4v) is 4.18. The predicted molar refractivity (Wildman–Crippen MR) is 131 cm³/mol. The fraction of sp³-hybridized carbons (Fsp3) is 0.179. The van der Waals surface area contributed by atoms with Gasteiger partial charge in [0.15, 0.2) is 5.76 Å². The van der Waals surface area contributed by atoms with Crippen molar-refractivity contribution in [3.05, 3.63) is 95.7 Å². The number of carbonyl (C=O) groups excluding carboxylic acids is 1. The molecular formula is C28H24N2O5. The highest BCUT2D eigenvalue weighted by Gasteiger charge is 2.51. The zero-order valence-corrected chi connectivity index (χ0v) is 19.2. The van der Waals surface area contributed by atoms with Crippen LogP contribution in [0.15, 0.2) is 83.5 Å². The Bertz CT molecular complexity index is 1370. The van der Waals surface area contributed by atoms with Crippen LogP contribution in [0.5, 0.6) is 0 Å². The Kier molecular flexibility index (Phi) is 5.82. The average Bonchev–Trinajstić information content (AvgIpc) is 3.57. The molecule has 1 heterocycles. The second kappa shape index (κ2) is 9.10. The van der Waals surface area contributed by atoms with Crippen LogP contribution in [-0.2, 0) is 21.6 Å². The normalized spacial score (nSPS) is 13.7. The van der Waals surface area contributed by atoms with Gasteiger partial charge < -0.3 is 14.4 Å². The summed E-state index contributed by atoms with van der Waals surface area (Å²) in [6.07, 6.45) is 2.21.